The number of esters is 1. The Morgan fingerprint density at radius 1 is 1.26 bits per heavy atom. The monoisotopic (exact) mass is 376 g/mol. The van der Waals surface area contributed by atoms with E-state index in [1.165, 1.54) is 6.92 Å². The van der Waals surface area contributed by atoms with Gasteiger partial charge in [-0.15, -0.1) is 0 Å². The molecule has 150 valence electrons. The number of hydrogen-bond donors (Lipinski definition) is 2. The molecule has 5 fully saturated rings. The van der Waals surface area contributed by atoms with Crippen molar-refractivity contribution in [3.05, 3.63) is 12.2 Å². The third-order valence-electron chi connectivity index (χ3n) is 8.83. The van der Waals surface area contributed by atoms with Crippen LogP contribution >= 0.6 is 0 Å². The molecule has 0 radical (unpaired) electrons. The number of carbonyl (C=O) groups excluding carboxylic acids is 2. The Morgan fingerprint density at radius 2 is 2.00 bits per heavy atom. The van der Waals surface area contributed by atoms with E-state index >= 15 is 0 Å². The van der Waals surface area contributed by atoms with E-state index < -0.39 is 11.5 Å². The van der Waals surface area contributed by atoms with E-state index in [-0.39, 0.29) is 53.6 Å². The van der Waals surface area contributed by atoms with Crippen molar-refractivity contribution in [1.82, 2.24) is 0 Å². The summed E-state index contributed by atoms with van der Waals surface area (Å²) in [6.07, 6.45) is 4.93. The first-order valence-electron chi connectivity index (χ1n) is 10.4. The van der Waals surface area contributed by atoms with Crippen molar-refractivity contribution in [3.63, 3.8) is 0 Å². The summed E-state index contributed by atoms with van der Waals surface area (Å²) in [7, 11) is 0. The van der Waals surface area contributed by atoms with Crippen LogP contribution in [0, 0.1) is 34.0 Å². The van der Waals surface area contributed by atoms with Gasteiger partial charge >= 0.3 is 5.97 Å². The molecule has 3 unspecified atom stereocenters. The maximum Gasteiger partial charge on any atom is 0.302 e. The van der Waals surface area contributed by atoms with E-state index in [0.29, 0.717) is 18.4 Å². The summed E-state index contributed by atoms with van der Waals surface area (Å²) < 4.78 is 5.59. The molecule has 27 heavy (non-hydrogen) atoms. The summed E-state index contributed by atoms with van der Waals surface area (Å²) in [4.78, 5) is 25.0. The lowest BCUT2D eigenvalue weighted by Gasteiger charge is -2.68. The zero-order chi connectivity index (χ0) is 19.6. The van der Waals surface area contributed by atoms with E-state index in [2.05, 4.69) is 13.5 Å². The van der Waals surface area contributed by atoms with E-state index in [9.17, 15) is 19.8 Å². The molecule has 0 aliphatic heterocycles. The van der Waals surface area contributed by atoms with Gasteiger partial charge in [-0.1, -0.05) is 19.9 Å². The minimum absolute atomic E-state index is 0.0129. The van der Waals surface area contributed by atoms with Crippen molar-refractivity contribution in [2.75, 3.05) is 13.2 Å². The smallest absolute Gasteiger partial charge is 0.302 e. The minimum Gasteiger partial charge on any atom is -0.465 e. The quantitative estimate of drug-likeness (QED) is 0.584. The fourth-order valence-corrected chi connectivity index (χ4v) is 7.50. The van der Waals surface area contributed by atoms with Crippen molar-refractivity contribution in [1.29, 1.82) is 0 Å². The van der Waals surface area contributed by atoms with E-state index in [1.807, 2.05) is 0 Å². The van der Waals surface area contributed by atoms with Crippen LogP contribution in [0.1, 0.15) is 58.8 Å². The van der Waals surface area contributed by atoms with Crippen molar-refractivity contribution < 1.29 is 24.5 Å². The molecular formula is C22H32O5. The van der Waals surface area contributed by atoms with Gasteiger partial charge in [-0.05, 0) is 67.3 Å². The van der Waals surface area contributed by atoms with Gasteiger partial charge in [-0.3, -0.25) is 9.59 Å². The topological polar surface area (TPSA) is 83.8 Å². The Labute approximate surface area is 161 Å². The van der Waals surface area contributed by atoms with Gasteiger partial charge in [0.2, 0.25) is 0 Å². The average Bonchev–Trinajstić information content (AvgIpc) is 2.65. The highest BCUT2D eigenvalue weighted by Gasteiger charge is 2.71. The first kappa shape index (κ1) is 19.1. The summed E-state index contributed by atoms with van der Waals surface area (Å²) in [5.41, 5.74) is -0.776. The molecule has 7 atom stereocenters. The summed E-state index contributed by atoms with van der Waals surface area (Å²) in [5, 5.41) is 21.5. The van der Waals surface area contributed by atoms with Crippen LogP contribution in [0.5, 0.6) is 0 Å². The largest absolute Gasteiger partial charge is 0.465 e. The van der Waals surface area contributed by atoms with Gasteiger partial charge < -0.3 is 14.9 Å². The number of fused-ring (bicyclic) bond motifs is 3. The van der Waals surface area contributed by atoms with E-state index in [1.54, 1.807) is 0 Å². The molecule has 5 aliphatic carbocycles. The number of hydrogen-bond acceptors (Lipinski definition) is 5. The maximum absolute atomic E-state index is 13.3. The first-order chi connectivity index (χ1) is 12.7. The fraction of sp³-hybridized carbons (Fsp3) is 0.818. The molecule has 0 saturated heterocycles. The SMILES string of the molecule is C=C1C(=O)C23CC[C@@H]1CC2[C@]1(COC(C)=O)CCC[C@@](C)(CO)C1C[C@H]3O. The number of allylic oxidation sites excluding steroid dienone is 1. The number of ketones is 1. The lowest BCUT2D eigenvalue weighted by molar-refractivity contribution is -0.236. The Hall–Kier alpha value is -1.20. The van der Waals surface area contributed by atoms with Gasteiger partial charge in [0.05, 0.1) is 18.1 Å². The zero-order valence-electron chi connectivity index (χ0n) is 16.5. The molecule has 5 heteroatoms. The molecule has 0 aromatic carbocycles. The first-order valence-corrected chi connectivity index (χ1v) is 10.4. The number of aliphatic hydroxyl groups is 2. The molecule has 5 rings (SSSR count). The second-order valence-corrected chi connectivity index (χ2v) is 9.90. The number of aliphatic hydroxyl groups excluding tert-OH is 2. The molecule has 0 aromatic heterocycles. The maximum atomic E-state index is 13.3. The number of carbonyl (C=O) groups is 2. The van der Waals surface area contributed by atoms with Gasteiger partial charge in [-0.25, -0.2) is 0 Å². The molecular weight excluding hydrogens is 344 g/mol. The summed E-state index contributed by atoms with van der Waals surface area (Å²) >= 11 is 0. The second kappa shape index (κ2) is 6.15. The number of Topliss-reactive ketones (excluding diaryl/α,β-unsaturated/α-hetero) is 1. The third-order valence-corrected chi connectivity index (χ3v) is 8.83. The van der Waals surface area contributed by atoms with Crippen molar-refractivity contribution >= 4 is 11.8 Å². The van der Waals surface area contributed by atoms with Crippen LogP contribution in [0.15, 0.2) is 12.2 Å². The molecule has 0 heterocycles. The lowest BCUT2D eigenvalue weighted by atomic mass is 9.35. The molecule has 5 aliphatic rings. The van der Waals surface area contributed by atoms with Gasteiger partial charge in [0.1, 0.15) is 0 Å². The van der Waals surface area contributed by atoms with Crippen LogP contribution in [0.25, 0.3) is 0 Å². The molecule has 2 bridgehead atoms. The molecule has 5 saturated carbocycles. The van der Waals surface area contributed by atoms with Crippen LogP contribution in [-0.2, 0) is 14.3 Å². The standard InChI is InChI=1S/C22H32O5/c1-13-15-5-8-22(19(13)26)17(9-15)21(12-27-14(2)24)7-4-6-20(3,11-23)16(21)10-18(22)25/h15-18,23,25H,1,4-12H2,2-3H3/t15-,16?,17?,18-,20+,21+,22?/m1/s1. The van der Waals surface area contributed by atoms with Crippen molar-refractivity contribution in [2.45, 2.75) is 64.9 Å². The van der Waals surface area contributed by atoms with Crippen molar-refractivity contribution in [3.8, 4) is 0 Å². The summed E-state index contributed by atoms with van der Waals surface area (Å²) in [5.74, 6) is -0.0716. The molecule has 0 aromatic rings. The number of ether oxygens (including phenoxy) is 1. The molecule has 0 amide bonds. The Bertz CT molecular complexity index is 686. The van der Waals surface area contributed by atoms with Crippen LogP contribution in [0.4, 0.5) is 0 Å². The highest BCUT2D eigenvalue weighted by Crippen LogP contribution is 2.71. The lowest BCUT2D eigenvalue weighted by Crippen LogP contribution is -2.70. The Balaban J connectivity index is 1.84. The van der Waals surface area contributed by atoms with Gasteiger partial charge in [0.25, 0.3) is 0 Å². The third kappa shape index (κ3) is 2.37. The highest BCUT2D eigenvalue weighted by molar-refractivity contribution is 6.02. The van der Waals surface area contributed by atoms with Gasteiger partial charge in [0.15, 0.2) is 5.78 Å². The van der Waals surface area contributed by atoms with Crippen LogP contribution in [-0.4, -0.2) is 41.3 Å². The molecule has 2 N–H and O–H groups in total. The van der Waals surface area contributed by atoms with Crippen LogP contribution in [0.3, 0.4) is 0 Å². The molecule has 5 nitrogen and oxygen atoms in total. The van der Waals surface area contributed by atoms with Crippen molar-refractivity contribution in [2.24, 2.45) is 34.0 Å². The van der Waals surface area contributed by atoms with Crippen LogP contribution < -0.4 is 0 Å². The molecule has 1 spiro atoms. The van der Waals surface area contributed by atoms with E-state index in [4.69, 9.17) is 4.74 Å². The number of rotatable bonds is 3. The Morgan fingerprint density at radius 3 is 2.67 bits per heavy atom. The average molecular weight is 376 g/mol. The van der Waals surface area contributed by atoms with Crippen LogP contribution in [0.2, 0.25) is 0 Å². The predicted molar refractivity (Wildman–Crippen MR) is 99.6 cm³/mol. The second-order valence-electron chi connectivity index (χ2n) is 9.90. The predicted octanol–water partition coefficient (Wildman–Crippen LogP) is 2.64. The normalized spacial score (nSPS) is 48.7. The summed E-state index contributed by atoms with van der Waals surface area (Å²) in [6.45, 7) is 7.91. The van der Waals surface area contributed by atoms with Gasteiger partial charge in [-0.2, -0.15) is 0 Å². The zero-order valence-corrected chi connectivity index (χ0v) is 16.5. The highest BCUT2D eigenvalue weighted by atomic mass is 16.5. The Kier molecular flexibility index (Phi) is 4.36. The van der Waals surface area contributed by atoms with Gasteiger partial charge in [0, 0.05) is 18.9 Å². The van der Waals surface area contributed by atoms with E-state index in [0.717, 1.165) is 32.1 Å². The minimum atomic E-state index is -0.782. The fourth-order valence-electron chi connectivity index (χ4n) is 7.50. The summed E-state index contributed by atoms with van der Waals surface area (Å²) in [6, 6.07) is 0.